The molecule has 4 nitrogen and oxygen atoms in total. The molecule has 5 heteroatoms. The highest BCUT2D eigenvalue weighted by atomic mass is 35.5. The number of benzene rings is 1. The van der Waals surface area contributed by atoms with Gasteiger partial charge in [0.1, 0.15) is 0 Å². The first-order chi connectivity index (χ1) is 9.13. The second kappa shape index (κ2) is 5.71. The summed E-state index contributed by atoms with van der Waals surface area (Å²) in [6.45, 7) is 5.84. The third-order valence-corrected chi connectivity index (χ3v) is 2.95. The highest BCUT2D eigenvalue weighted by Gasteiger charge is 2.14. The zero-order chi connectivity index (χ0) is 13.8. The molecule has 0 radical (unpaired) electrons. The summed E-state index contributed by atoms with van der Waals surface area (Å²) in [5.41, 5.74) is 2.14. The SMILES string of the molecule is C=CCNC(=O)c1cnn(-c2cccc(Cl)c2)c1C. The Morgan fingerprint density at radius 2 is 2.37 bits per heavy atom. The van der Waals surface area contributed by atoms with Gasteiger partial charge in [0, 0.05) is 11.6 Å². The minimum atomic E-state index is -0.161. The van der Waals surface area contributed by atoms with Crippen LogP contribution in [0.25, 0.3) is 5.69 Å². The van der Waals surface area contributed by atoms with E-state index in [1.807, 2.05) is 19.1 Å². The van der Waals surface area contributed by atoms with Gasteiger partial charge in [-0.15, -0.1) is 6.58 Å². The first-order valence-electron chi connectivity index (χ1n) is 5.83. The minimum Gasteiger partial charge on any atom is -0.348 e. The van der Waals surface area contributed by atoms with Gasteiger partial charge in [-0.3, -0.25) is 4.79 Å². The van der Waals surface area contributed by atoms with Crippen molar-refractivity contribution in [2.75, 3.05) is 6.54 Å². The molecule has 1 aromatic carbocycles. The lowest BCUT2D eigenvalue weighted by atomic mass is 10.2. The van der Waals surface area contributed by atoms with Crippen molar-refractivity contribution in [1.29, 1.82) is 0 Å². The van der Waals surface area contributed by atoms with Crippen LogP contribution in [0.4, 0.5) is 0 Å². The Labute approximate surface area is 116 Å². The Morgan fingerprint density at radius 3 is 3.05 bits per heavy atom. The molecule has 0 fully saturated rings. The molecule has 0 saturated heterocycles. The smallest absolute Gasteiger partial charge is 0.255 e. The summed E-state index contributed by atoms with van der Waals surface area (Å²) < 4.78 is 1.69. The first-order valence-corrected chi connectivity index (χ1v) is 6.21. The Bertz CT molecular complexity index is 619. The maximum atomic E-state index is 11.9. The summed E-state index contributed by atoms with van der Waals surface area (Å²) in [6.07, 6.45) is 3.18. The van der Waals surface area contributed by atoms with Gasteiger partial charge in [0.2, 0.25) is 0 Å². The highest BCUT2D eigenvalue weighted by Crippen LogP contribution is 2.17. The molecule has 0 aliphatic heterocycles. The average molecular weight is 276 g/mol. The molecule has 19 heavy (non-hydrogen) atoms. The van der Waals surface area contributed by atoms with E-state index in [0.29, 0.717) is 17.1 Å². The van der Waals surface area contributed by atoms with E-state index >= 15 is 0 Å². The van der Waals surface area contributed by atoms with Crippen LogP contribution in [-0.2, 0) is 0 Å². The molecule has 1 N–H and O–H groups in total. The number of carbonyl (C=O) groups excluding carboxylic acids is 1. The number of hydrogen-bond donors (Lipinski definition) is 1. The summed E-state index contributed by atoms with van der Waals surface area (Å²) in [5, 5.41) is 7.59. The fourth-order valence-electron chi connectivity index (χ4n) is 1.76. The van der Waals surface area contributed by atoms with Gasteiger partial charge in [0.15, 0.2) is 0 Å². The first kappa shape index (κ1) is 13.4. The molecular formula is C14H14ClN3O. The third kappa shape index (κ3) is 2.85. The Hall–Kier alpha value is -2.07. The Balaban J connectivity index is 2.32. The molecule has 2 aromatic rings. The minimum absolute atomic E-state index is 0.161. The van der Waals surface area contributed by atoms with Crippen LogP contribution >= 0.6 is 11.6 Å². The van der Waals surface area contributed by atoms with Gasteiger partial charge in [0.25, 0.3) is 5.91 Å². The molecule has 0 aliphatic rings. The molecule has 1 aromatic heterocycles. The fraction of sp³-hybridized carbons (Fsp3) is 0.143. The lowest BCUT2D eigenvalue weighted by molar-refractivity contribution is 0.0957. The van der Waals surface area contributed by atoms with Gasteiger partial charge in [-0.25, -0.2) is 4.68 Å². The standard InChI is InChI=1S/C14H14ClN3O/c1-3-7-16-14(19)13-9-17-18(10(13)2)12-6-4-5-11(15)8-12/h3-6,8-9H,1,7H2,2H3,(H,16,19). The molecule has 0 saturated carbocycles. The summed E-state index contributed by atoms with van der Waals surface area (Å²) in [5.74, 6) is -0.161. The van der Waals surface area contributed by atoms with Gasteiger partial charge in [-0.05, 0) is 25.1 Å². The Morgan fingerprint density at radius 1 is 1.58 bits per heavy atom. The maximum Gasteiger partial charge on any atom is 0.255 e. The van der Waals surface area contributed by atoms with E-state index in [1.54, 1.807) is 29.1 Å². The van der Waals surface area contributed by atoms with Gasteiger partial charge < -0.3 is 5.32 Å². The number of rotatable bonds is 4. The fourth-order valence-corrected chi connectivity index (χ4v) is 1.95. The van der Waals surface area contributed by atoms with Crippen LogP contribution < -0.4 is 5.32 Å². The normalized spacial score (nSPS) is 10.2. The second-order valence-corrected chi connectivity index (χ2v) is 4.47. The predicted octanol–water partition coefficient (Wildman–Crippen LogP) is 2.75. The van der Waals surface area contributed by atoms with Crippen LogP contribution in [0.5, 0.6) is 0 Å². The summed E-state index contributed by atoms with van der Waals surface area (Å²) in [7, 11) is 0. The number of hydrogen-bond acceptors (Lipinski definition) is 2. The largest absolute Gasteiger partial charge is 0.348 e. The van der Waals surface area contributed by atoms with Crippen molar-refractivity contribution >= 4 is 17.5 Å². The van der Waals surface area contributed by atoms with Crippen LogP contribution in [0.3, 0.4) is 0 Å². The number of nitrogens with zero attached hydrogens (tertiary/aromatic N) is 2. The number of halogens is 1. The summed E-state index contributed by atoms with van der Waals surface area (Å²) in [6, 6.07) is 7.32. The van der Waals surface area contributed by atoms with E-state index in [0.717, 1.165) is 11.4 Å². The van der Waals surface area contributed by atoms with Crippen molar-refractivity contribution in [3.8, 4) is 5.69 Å². The second-order valence-electron chi connectivity index (χ2n) is 4.03. The monoisotopic (exact) mass is 275 g/mol. The molecule has 1 amide bonds. The van der Waals surface area contributed by atoms with E-state index < -0.39 is 0 Å². The van der Waals surface area contributed by atoms with Gasteiger partial charge in [-0.1, -0.05) is 23.7 Å². The van der Waals surface area contributed by atoms with Crippen molar-refractivity contribution in [2.24, 2.45) is 0 Å². The molecule has 0 aliphatic carbocycles. The molecule has 2 rings (SSSR count). The van der Waals surface area contributed by atoms with Crippen LogP contribution in [0.1, 0.15) is 16.1 Å². The number of amides is 1. The van der Waals surface area contributed by atoms with Crippen LogP contribution in [0.15, 0.2) is 43.1 Å². The van der Waals surface area contributed by atoms with Crippen molar-refractivity contribution in [2.45, 2.75) is 6.92 Å². The van der Waals surface area contributed by atoms with E-state index in [-0.39, 0.29) is 5.91 Å². The highest BCUT2D eigenvalue weighted by molar-refractivity contribution is 6.30. The Kier molecular flexibility index (Phi) is 4.02. The van der Waals surface area contributed by atoms with E-state index in [1.165, 1.54) is 0 Å². The molecule has 0 spiro atoms. The van der Waals surface area contributed by atoms with Crippen LogP contribution in [-0.4, -0.2) is 22.2 Å². The maximum absolute atomic E-state index is 11.9. The molecular weight excluding hydrogens is 262 g/mol. The summed E-state index contributed by atoms with van der Waals surface area (Å²) in [4.78, 5) is 11.9. The summed E-state index contributed by atoms with van der Waals surface area (Å²) >= 11 is 5.95. The molecule has 0 atom stereocenters. The van der Waals surface area contributed by atoms with Gasteiger partial charge >= 0.3 is 0 Å². The van der Waals surface area contributed by atoms with Crippen molar-refractivity contribution in [3.05, 3.63) is 59.4 Å². The number of carbonyl (C=O) groups is 1. The van der Waals surface area contributed by atoms with Gasteiger partial charge in [0.05, 0.1) is 23.1 Å². The number of nitrogens with one attached hydrogen (secondary N) is 1. The zero-order valence-corrected chi connectivity index (χ0v) is 11.3. The topological polar surface area (TPSA) is 46.9 Å². The molecule has 1 heterocycles. The van der Waals surface area contributed by atoms with Crippen LogP contribution in [0.2, 0.25) is 5.02 Å². The molecule has 0 unspecified atom stereocenters. The molecule has 0 bridgehead atoms. The van der Waals surface area contributed by atoms with E-state index in [4.69, 9.17) is 11.6 Å². The predicted molar refractivity (Wildman–Crippen MR) is 75.8 cm³/mol. The van der Waals surface area contributed by atoms with Crippen molar-refractivity contribution in [3.63, 3.8) is 0 Å². The van der Waals surface area contributed by atoms with Crippen molar-refractivity contribution < 1.29 is 4.79 Å². The number of aromatic nitrogens is 2. The molecule has 98 valence electrons. The van der Waals surface area contributed by atoms with Crippen LogP contribution in [0, 0.1) is 6.92 Å². The lowest BCUT2D eigenvalue weighted by Gasteiger charge is -2.06. The lowest BCUT2D eigenvalue weighted by Crippen LogP contribution is -2.23. The third-order valence-electron chi connectivity index (χ3n) is 2.71. The van der Waals surface area contributed by atoms with Crippen molar-refractivity contribution in [1.82, 2.24) is 15.1 Å². The van der Waals surface area contributed by atoms with E-state index in [9.17, 15) is 4.79 Å². The quantitative estimate of drug-likeness (QED) is 0.872. The van der Waals surface area contributed by atoms with E-state index in [2.05, 4.69) is 17.0 Å². The average Bonchev–Trinajstić information content (AvgIpc) is 2.78. The van der Waals surface area contributed by atoms with Gasteiger partial charge in [-0.2, -0.15) is 5.10 Å². The zero-order valence-electron chi connectivity index (χ0n) is 10.6.